The third-order valence-electron chi connectivity index (χ3n) is 4.83. The zero-order valence-corrected chi connectivity index (χ0v) is 13.2. The second kappa shape index (κ2) is 5.44. The molecule has 2 atom stereocenters. The summed E-state index contributed by atoms with van der Waals surface area (Å²) in [6.07, 6.45) is 3.42. The molecule has 0 aromatic heterocycles. The molecular formula is C16H18BrNO3. The smallest absolute Gasteiger partial charge is 0.307 e. The first-order chi connectivity index (χ1) is 10.0. The van der Waals surface area contributed by atoms with Crippen molar-refractivity contribution in [3.05, 3.63) is 34.3 Å². The van der Waals surface area contributed by atoms with Gasteiger partial charge in [-0.25, -0.2) is 0 Å². The Labute approximate surface area is 132 Å². The van der Waals surface area contributed by atoms with Crippen LogP contribution < -0.4 is 5.32 Å². The van der Waals surface area contributed by atoms with Gasteiger partial charge in [0.25, 0.3) is 0 Å². The number of aliphatic carboxylic acids is 1. The number of carbonyl (C=O) groups excluding carboxylic acids is 1. The molecule has 4 nitrogen and oxygen atoms in total. The van der Waals surface area contributed by atoms with Crippen molar-refractivity contribution in [1.29, 1.82) is 0 Å². The lowest BCUT2D eigenvalue weighted by molar-refractivity contribution is -0.152. The largest absolute Gasteiger partial charge is 0.481 e. The SMILES string of the molecule is O=C(O)C1CCC1C(=O)NCC1(c2ccccc2Br)CC1. The van der Waals surface area contributed by atoms with Gasteiger partial charge in [0.05, 0.1) is 11.8 Å². The molecule has 2 saturated carbocycles. The molecule has 1 amide bonds. The Morgan fingerprint density at radius 1 is 1.24 bits per heavy atom. The summed E-state index contributed by atoms with van der Waals surface area (Å²) in [5, 5.41) is 12.0. The lowest BCUT2D eigenvalue weighted by Gasteiger charge is -2.32. The van der Waals surface area contributed by atoms with Crippen LogP contribution in [-0.4, -0.2) is 23.5 Å². The van der Waals surface area contributed by atoms with Crippen molar-refractivity contribution in [2.75, 3.05) is 6.54 Å². The van der Waals surface area contributed by atoms with Crippen LogP contribution in [0, 0.1) is 11.8 Å². The third-order valence-corrected chi connectivity index (χ3v) is 5.52. The third kappa shape index (κ3) is 2.71. The molecule has 2 aliphatic carbocycles. The molecule has 2 unspecified atom stereocenters. The number of halogens is 1. The number of carboxylic acid groups (broad SMARTS) is 1. The van der Waals surface area contributed by atoms with E-state index in [1.807, 2.05) is 18.2 Å². The minimum Gasteiger partial charge on any atom is -0.481 e. The Balaban J connectivity index is 1.62. The van der Waals surface area contributed by atoms with Crippen molar-refractivity contribution in [3.63, 3.8) is 0 Å². The molecule has 21 heavy (non-hydrogen) atoms. The fourth-order valence-electron chi connectivity index (χ4n) is 3.08. The molecule has 0 radical (unpaired) electrons. The summed E-state index contributed by atoms with van der Waals surface area (Å²) >= 11 is 3.57. The summed E-state index contributed by atoms with van der Waals surface area (Å²) in [6, 6.07) is 8.10. The molecule has 2 N–H and O–H groups in total. The molecule has 2 aliphatic rings. The van der Waals surface area contributed by atoms with Crippen LogP contribution in [0.4, 0.5) is 0 Å². The predicted molar refractivity (Wildman–Crippen MR) is 81.9 cm³/mol. The number of amides is 1. The molecule has 0 bridgehead atoms. The lowest BCUT2D eigenvalue weighted by Crippen LogP contribution is -2.45. The molecule has 0 spiro atoms. The van der Waals surface area contributed by atoms with Crippen LogP contribution in [0.1, 0.15) is 31.2 Å². The van der Waals surface area contributed by atoms with Crippen molar-refractivity contribution >= 4 is 27.8 Å². The molecule has 112 valence electrons. The van der Waals surface area contributed by atoms with Gasteiger partial charge < -0.3 is 10.4 Å². The number of rotatable bonds is 5. The highest BCUT2D eigenvalue weighted by molar-refractivity contribution is 9.10. The van der Waals surface area contributed by atoms with E-state index in [2.05, 4.69) is 27.3 Å². The first-order valence-corrected chi connectivity index (χ1v) is 8.08. The molecular weight excluding hydrogens is 334 g/mol. The predicted octanol–water partition coefficient (Wildman–Crippen LogP) is 2.71. The van der Waals surface area contributed by atoms with E-state index < -0.39 is 11.9 Å². The summed E-state index contributed by atoms with van der Waals surface area (Å²) in [5.41, 5.74) is 1.26. The fourth-order valence-corrected chi connectivity index (χ4v) is 3.79. The van der Waals surface area contributed by atoms with Crippen LogP contribution >= 0.6 is 15.9 Å². The Kier molecular flexibility index (Phi) is 3.78. The lowest BCUT2D eigenvalue weighted by atomic mass is 9.73. The summed E-state index contributed by atoms with van der Waals surface area (Å²) in [5.74, 6) is -1.80. The van der Waals surface area contributed by atoms with E-state index in [-0.39, 0.29) is 17.2 Å². The molecule has 0 heterocycles. The Morgan fingerprint density at radius 3 is 2.43 bits per heavy atom. The van der Waals surface area contributed by atoms with E-state index in [0.717, 1.165) is 17.3 Å². The van der Waals surface area contributed by atoms with Gasteiger partial charge in [-0.1, -0.05) is 34.1 Å². The summed E-state index contributed by atoms with van der Waals surface area (Å²) in [4.78, 5) is 23.1. The number of nitrogens with one attached hydrogen (secondary N) is 1. The van der Waals surface area contributed by atoms with Gasteiger partial charge in [-0.2, -0.15) is 0 Å². The maximum atomic E-state index is 12.1. The standard InChI is InChI=1S/C16H18BrNO3/c17-13-4-2-1-3-12(13)16(7-8-16)9-18-14(19)10-5-6-11(10)15(20)21/h1-4,10-11H,5-9H2,(H,18,19)(H,20,21). The summed E-state index contributed by atoms with van der Waals surface area (Å²) in [6.45, 7) is 0.595. The molecule has 3 rings (SSSR count). The van der Waals surface area contributed by atoms with Gasteiger partial charge in [0.15, 0.2) is 0 Å². The van der Waals surface area contributed by atoms with E-state index >= 15 is 0 Å². The van der Waals surface area contributed by atoms with Crippen LogP contribution in [0.25, 0.3) is 0 Å². The Bertz CT molecular complexity index is 583. The van der Waals surface area contributed by atoms with Crippen molar-refractivity contribution in [1.82, 2.24) is 5.32 Å². The second-order valence-corrected chi connectivity index (χ2v) is 6.96. The Hall–Kier alpha value is -1.36. The van der Waals surface area contributed by atoms with Gasteiger partial charge in [0, 0.05) is 16.4 Å². The highest BCUT2D eigenvalue weighted by atomic mass is 79.9. The van der Waals surface area contributed by atoms with Crippen molar-refractivity contribution in [2.45, 2.75) is 31.1 Å². The zero-order valence-electron chi connectivity index (χ0n) is 11.6. The van der Waals surface area contributed by atoms with Crippen LogP contribution in [0.15, 0.2) is 28.7 Å². The zero-order chi connectivity index (χ0) is 15.0. The Morgan fingerprint density at radius 2 is 1.90 bits per heavy atom. The van der Waals surface area contributed by atoms with Crippen LogP contribution in [0.3, 0.4) is 0 Å². The van der Waals surface area contributed by atoms with Crippen molar-refractivity contribution in [3.8, 4) is 0 Å². The molecule has 0 aliphatic heterocycles. The maximum absolute atomic E-state index is 12.1. The van der Waals surface area contributed by atoms with Crippen LogP contribution in [0.5, 0.6) is 0 Å². The first-order valence-electron chi connectivity index (χ1n) is 7.29. The summed E-state index contributed by atoms with van der Waals surface area (Å²) < 4.78 is 1.07. The highest BCUT2D eigenvalue weighted by Crippen LogP contribution is 2.50. The van der Waals surface area contributed by atoms with Gasteiger partial charge in [-0.15, -0.1) is 0 Å². The topological polar surface area (TPSA) is 66.4 Å². The van der Waals surface area contributed by atoms with E-state index in [1.165, 1.54) is 5.56 Å². The average molecular weight is 352 g/mol. The summed E-state index contributed by atoms with van der Waals surface area (Å²) in [7, 11) is 0. The quantitative estimate of drug-likeness (QED) is 0.856. The van der Waals surface area contributed by atoms with Crippen molar-refractivity contribution < 1.29 is 14.7 Å². The molecule has 1 aromatic rings. The monoisotopic (exact) mass is 351 g/mol. The fraction of sp³-hybridized carbons (Fsp3) is 0.500. The van der Waals surface area contributed by atoms with Crippen molar-refractivity contribution in [2.24, 2.45) is 11.8 Å². The minimum absolute atomic E-state index is 0.0260. The highest BCUT2D eigenvalue weighted by Gasteiger charge is 2.47. The maximum Gasteiger partial charge on any atom is 0.307 e. The van der Waals surface area contributed by atoms with Gasteiger partial charge in [-0.3, -0.25) is 9.59 Å². The van der Waals surface area contributed by atoms with E-state index in [4.69, 9.17) is 5.11 Å². The number of benzene rings is 1. The van der Waals surface area contributed by atoms with Gasteiger partial charge >= 0.3 is 5.97 Å². The normalized spacial score (nSPS) is 25.8. The second-order valence-electron chi connectivity index (χ2n) is 6.11. The van der Waals surface area contributed by atoms with E-state index in [0.29, 0.717) is 19.4 Å². The van der Waals surface area contributed by atoms with Crippen LogP contribution in [-0.2, 0) is 15.0 Å². The average Bonchev–Trinajstić information content (AvgIpc) is 3.16. The number of hydrogen-bond donors (Lipinski definition) is 2. The molecule has 2 fully saturated rings. The number of carboxylic acids is 1. The van der Waals surface area contributed by atoms with Gasteiger partial charge in [-0.05, 0) is 37.3 Å². The van der Waals surface area contributed by atoms with Crippen LogP contribution in [0.2, 0.25) is 0 Å². The first kappa shape index (κ1) is 14.6. The van der Waals surface area contributed by atoms with Gasteiger partial charge in [0.1, 0.15) is 0 Å². The molecule has 0 saturated heterocycles. The van der Waals surface area contributed by atoms with E-state index in [1.54, 1.807) is 0 Å². The minimum atomic E-state index is -0.853. The number of carbonyl (C=O) groups is 2. The van der Waals surface area contributed by atoms with E-state index in [9.17, 15) is 9.59 Å². The number of hydrogen-bond acceptors (Lipinski definition) is 2. The van der Waals surface area contributed by atoms with Gasteiger partial charge in [0.2, 0.25) is 5.91 Å². The molecule has 1 aromatic carbocycles. The molecule has 5 heteroatoms.